The van der Waals surface area contributed by atoms with E-state index >= 15 is 4.39 Å². The number of hydrogen-bond acceptors (Lipinski definition) is 4. The van der Waals surface area contributed by atoms with Crippen molar-refractivity contribution in [1.82, 2.24) is 5.32 Å². The standard InChI is InChI=1S/C29H26ClFN2O4/c1-27(2,3)37-26(36)32-29(28(31)16-19-15-20(30)13-14-21(19)24(28)34)22-11-7-8-12-23(22)33(25(29)35)17-18-9-5-4-6-10-18/h4-15H,16-17H2,1-3H3,(H,32,36)/t28-,29+/m1/s1. The summed E-state index contributed by atoms with van der Waals surface area (Å²) in [6.07, 6.45) is -1.44. The number of anilines is 1. The van der Waals surface area contributed by atoms with Crippen LogP contribution in [0.1, 0.15) is 47.8 Å². The summed E-state index contributed by atoms with van der Waals surface area (Å²) in [6, 6.07) is 20.3. The molecule has 0 bridgehead atoms. The number of carbonyl (C=O) groups excluding carboxylic acids is 3. The Morgan fingerprint density at radius 2 is 1.73 bits per heavy atom. The monoisotopic (exact) mass is 520 g/mol. The van der Waals surface area contributed by atoms with Gasteiger partial charge in [-0.3, -0.25) is 14.9 Å². The number of nitrogens with one attached hydrogen (secondary N) is 1. The van der Waals surface area contributed by atoms with Gasteiger partial charge < -0.3 is 9.64 Å². The summed E-state index contributed by atoms with van der Waals surface area (Å²) < 4.78 is 23.0. The number of ether oxygens (including phenoxy) is 1. The van der Waals surface area contributed by atoms with Crippen molar-refractivity contribution in [2.24, 2.45) is 0 Å². The van der Waals surface area contributed by atoms with Gasteiger partial charge in [-0.2, -0.15) is 0 Å². The second-order valence-electron chi connectivity index (χ2n) is 10.4. The Labute approximate surface area is 219 Å². The van der Waals surface area contributed by atoms with Crippen LogP contribution in [0.25, 0.3) is 0 Å². The van der Waals surface area contributed by atoms with Crippen molar-refractivity contribution in [2.45, 2.75) is 50.5 Å². The van der Waals surface area contributed by atoms with E-state index in [-0.39, 0.29) is 17.7 Å². The average molecular weight is 521 g/mol. The van der Waals surface area contributed by atoms with Crippen molar-refractivity contribution < 1.29 is 23.5 Å². The highest BCUT2D eigenvalue weighted by atomic mass is 35.5. The fraction of sp³-hybridized carbons (Fsp3) is 0.276. The predicted octanol–water partition coefficient (Wildman–Crippen LogP) is 5.75. The van der Waals surface area contributed by atoms with Gasteiger partial charge in [0.1, 0.15) is 5.60 Å². The molecule has 1 aliphatic carbocycles. The first kappa shape index (κ1) is 25.0. The zero-order valence-corrected chi connectivity index (χ0v) is 21.4. The van der Waals surface area contributed by atoms with Gasteiger partial charge in [-0.15, -0.1) is 0 Å². The number of para-hydroxylation sites is 1. The van der Waals surface area contributed by atoms with E-state index < -0.39 is 41.0 Å². The number of halogens is 2. The Balaban J connectivity index is 1.69. The molecule has 2 amide bonds. The summed E-state index contributed by atoms with van der Waals surface area (Å²) in [7, 11) is 0. The Morgan fingerprint density at radius 1 is 1.05 bits per heavy atom. The van der Waals surface area contributed by atoms with E-state index in [9.17, 15) is 14.4 Å². The van der Waals surface area contributed by atoms with Gasteiger partial charge in [-0.25, -0.2) is 9.18 Å². The maximum atomic E-state index is 17.5. The molecular formula is C29H26ClFN2O4. The minimum atomic E-state index is -2.82. The number of alkyl carbamates (subject to hydrolysis) is 1. The van der Waals surface area contributed by atoms with Gasteiger partial charge in [0.25, 0.3) is 5.91 Å². The zero-order chi connectivity index (χ0) is 26.6. The molecule has 2 aliphatic rings. The molecule has 0 unspecified atom stereocenters. The van der Waals surface area contributed by atoms with Gasteiger partial charge in [-0.1, -0.05) is 60.1 Å². The smallest absolute Gasteiger partial charge is 0.408 e. The number of alkyl halides is 1. The van der Waals surface area contributed by atoms with Crippen LogP contribution in [0.5, 0.6) is 0 Å². The van der Waals surface area contributed by atoms with Gasteiger partial charge >= 0.3 is 6.09 Å². The summed E-state index contributed by atoms with van der Waals surface area (Å²) in [6.45, 7) is 5.11. The van der Waals surface area contributed by atoms with E-state index in [1.54, 1.807) is 45.0 Å². The molecule has 0 aromatic heterocycles. The molecule has 3 aromatic carbocycles. The third kappa shape index (κ3) is 3.98. The minimum Gasteiger partial charge on any atom is -0.444 e. The molecule has 0 radical (unpaired) electrons. The maximum Gasteiger partial charge on any atom is 0.408 e. The van der Waals surface area contributed by atoms with Crippen LogP contribution in [0.3, 0.4) is 0 Å². The summed E-state index contributed by atoms with van der Waals surface area (Å²) in [4.78, 5) is 42.7. The molecule has 6 nitrogen and oxygen atoms in total. The van der Waals surface area contributed by atoms with E-state index in [0.29, 0.717) is 16.3 Å². The van der Waals surface area contributed by atoms with E-state index in [1.807, 2.05) is 30.3 Å². The first-order valence-electron chi connectivity index (χ1n) is 11.9. The molecule has 2 atom stereocenters. The van der Waals surface area contributed by atoms with Crippen LogP contribution in [0, 0.1) is 0 Å². The van der Waals surface area contributed by atoms with Gasteiger partial charge in [0.15, 0.2) is 5.54 Å². The maximum absolute atomic E-state index is 17.5. The fourth-order valence-corrected chi connectivity index (χ4v) is 5.42. The lowest BCUT2D eigenvalue weighted by Crippen LogP contribution is -2.67. The largest absolute Gasteiger partial charge is 0.444 e. The molecule has 3 aromatic rings. The van der Waals surface area contributed by atoms with Crippen molar-refractivity contribution in [3.8, 4) is 0 Å². The number of Topliss-reactive ketones (excluding diaryl/α,β-unsaturated/α-hetero) is 1. The van der Waals surface area contributed by atoms with Gasteiger partial charge in [-0.05, 0) is 56.2 Å². The van der Waals surface area contributed by atoms with Gasteiger partial charge in [0.2, 0.25) is 11.5 Å². The first-order chi connectivity index (χ1) is 17.5. The number of benzene rings is 3. The second-order valence-corrected chi connectivity index (χ2v) is 10.8. The SMILES string of the molecule is CC(C)(C)OC(=O)N[C@]1([C@@]2(F)Cc3cc(Cl)ccc3C2=O)C(=O)N(Cc2ccccc2)c2ccccc21. The summed E-state index contributed by atoms with van der Waals surface area (Å²) in [5.41, 5.74) is -4.20. The molecule has 0 saturated carbocycles. The van der Waals surface area contributed by atoms with E-state index in [0.717, 1.165) is 5.56 Å². The lowest BCUT2D eigenvalue weighted by molar-refractivity contribution is -0.129. The highest BCUT2D eigenvalue weighted by Crippen LogP contribution is 2.53. The van der Waals surface area contributed by atoms with E-state index in [1.165, 1.54) is 23.1 Å². The summed E-state index contributed by atoms with van der Waals surface area (Å²) in [5, 5.41) is 2.89. The molecule has 5 rings (SSSR count). The number of nitrogens with zero attached hydrogens (tertiary/aromatic N) is 1. The van der Waals surface area contributed by atoms with Crippen molar-refractivity contribution in [2.75, 3.05) is 4.90 Å². The number of rotatable bonds is 4. The second kappa shape index (κ2) is 8.70. The quantitative estimate of drug-likeness (QED) is 0.475. The highest BCUT2D eigenvalue weighted by molar-refractivity contribution is 6.31. The van der Waals surface area contributed by atoms with Crippen molar-refractivity contribution in [1.29, 1.82) is 0 Å². The molecule has 1 N–H and O–H groups in total. The first-order valence-corrected chi connectivity index (χ1v) is 12.3. The van der Waals surface area contributed by atoms with Crippen LogP contribution < -0.4 is 10.2 Å². The van der Waals surface area contributed by atoms with E-state index in [4.69, 9.17) is 16.3 Å². The van der Waals surface area contributed by atoms with Crippen LogP contribution in [-0.4, -0.2) is 29.1 Å². The number of amides is 2. The van der Waals surface area contributed by atoms with Crippen LogP contribution in [0.15, 0.2) is 72.8 Å². The average Bonchev–Trinajstić information content (AvgIpc) is 3.23. The predicted molar refractivity (Wildman–Crippen MR) is 138 cm³/mol. The molecule has 37 heavy (non-hydrogen) atoms. The van der Waals surface area contributed by atoms with Crippen LogP contribution in [-0.2, 0) is 28.0 Å². The molecule has 190 valence electrons. The number of hydrogen-bond donors (Lipinski definition) is 1. The van der Waals surface area contributed by atoms with Crippen LogP contribution >= 0.6 is 11.6 Å². The lowest BCUT2D eigenvalue weighted by atomic mass is 9.74. The highest BCUT2D eigenvalue weighted by Gasteiger charge is 2.71. The van der Waals surface area contributed by atoms with Crippen LogP contribution in [0.4, 0.5) is 14.9 Å². The van der Waals surface area contributed by atoms with Crippen LogP contribution in [0.2, 0.25) is 5.02 Å². The number of ketones is 1. The molecule has 0 spiro atoms. The molecule has 0 fully saturated rings. The van der Waals surface area contributed by atoms with Gasteiger partial charge in [0.05, 0.1) is 12.2 Å². The number of carbonyl (C=O) groups is 3. The minimum absolute atomic E-state index is 0.123. The van der Waals surface area contributed by atoms with Crippen molar-refractivity contribution in [3.63, 3.8) is 0 Å². The zero-order valence-electron chi connectivity index (χ0n) is 20.7. The third-order valence-corrected chi connectivity index (χ3v) is 6.97. The lowest BCUT2D eigenvalue weighted by Gasteiger charge is -2.39. The summed E-state index contributed by atoms with van der Waals surface area (Å²) in [5.74, 6) is -1.64. The molecular weight excluding hydrogens is 495 g/mol. The Morgan fingerprint density at radius 3 is 2.43 bits per heavy atom. The third-order valence-electron chi connectivity index (χ3n) is 6.74. The Bertz CT molecular complexity index is 1420. The van der Waals surface area contributed by atoms with Crippen molar-refractivity contribution >= 4 is 35.1 Å². The summed E-state index contributed by atoms with van der Waals surface area (Å²) >= 11 is 6.14. The van der Waals surface area contributed by atoms with Crippen molar-refractivity contribution in [3.05, 3.63) is 100 Å². The number of fused-ring (bicyclic) bond motifs is 2. The van der Waals surface area contributed by atoms with E-state index in [2.05, 4.69) is 5.32 Å². The van der Waals surface area contributed by atoms with Gasteiger partial charge in [0, 0.05) is 22.6 Å². The normalized spacial score (nSPS) is 22.6. The molecule has 8 heteroatoms. The molecule has 1 aliphatic heterocycles. The fourth-order valence-electron chi connectivity index (χ4n) is 5.22. The Hall–Kier alpha value is -3.71. The molecule has 1 heterocycles. The molecule has 0 saturated heterocycles. The Kier molecular flexibility index (Phi) is 5.87. The topological polar surface area (TPSA) is 75.7 Å².